The number of ether oxygens (including phenoxy) is 2. The van der Waals surface area contributed by atoms with Crippen molar-refractivity contribution < 1.29 is 19.1 Å². The van der Waals surface area contributed by atoms with Crippen LogP contribution >= 0.6 is 34.5 Å². The maximum Gasteiger partial charge on any atom is 0.263 e. The molecule has 0 spiro atoms. The molecular weight excluding hydrogens is 435 g/mol. The SMILES string of the molecule is CCOc1ccc(NC(=O)CNC(=O)c2sc3c(OC)c(Cl)ccc3c2Cl)cc1. The number of hydrogen-bond acceptors (Lipinski definition) is 5. The summed E-state index contributed by atoms with van der Waals surface area (Å²) < 4.78 is 11.3. The number of nitrogens with one attached hydrogen (secondary N) is 2. The topological polar surface area (TPSA) is 76.7 Å². The molecule has 3 rings (SSSR count). The van der Waals surface area contributed by atoms with Gasteiger partial charge in [0, 0.05) is 11.1 Å². The highest BCUT2D eigenvalue weighted by Gasteiger charge is 2.21. The Kier molecular flexibility index (Phi) is 6.84. The van der Waals surface area contributed by atoms with Crippen LogP contribution in [0.4, 0.5) is 5.69 Å². The zero-order valence-corrected chi connectivity index (χ0v) is 18.0. The Balaban J connectivity index is 1.66. The molecule has 2 N–H and O–H groups in total. The largest absolute Gasteiger partial charge is 0.494 e. The first-order valence-corrected chi connectivity index (χ1v) is 10.3. The van der Waals surface area contributed by atoms with Gasteiger partial charge >= 0.3 is 0 Å². The molecule has 0 fully saturated rings. The van der Waals surface area contributed by atoms with Gasteiger partial charge in [0.2, 0.25) is 5.91 Å². The predicted octanol–water partition coefficient (Wildman–Crippen LogP) is 4.98. The van der Waals surface area contributed by atoms with E-state index in [2.05, 4.69) is 10.6 Å². The molecular formula is C20H18Cl2N2O4S. The van der Waals surface area contributed by atoms with Crippen molar-refractivity contribution >= 4 is 62.1 Å². The third-order valence-corrected chi connectivity index (χ3v) is 5.98. The van der Waals surface area contributed by atoms with Crippen LogP contribution in [0.1, 0.15) is 16.6 Å². The van der Waals surface area contributed by atoms with Crippen molar-refractivity contribution in [2.75, 3.05) is 25.6 Å². The highest BCUT2D eigenvalue weighted by Crippen LogP contribution is 2.43. The Morgan fingerprint density at radius 1 is 1.10 bits per heavy atom. The van der Waals surface area contributed by atoms with Crippen LogP contribution in [-0.4, -0.2) is 32.1 Å². The zero-order chi connectivity index (χ0) is 21.0. The lowest BCUT2D eigenvalue weighted by atomic mass is 10.2. The third kappa shape index (κ3) is 4.75. The minimum absolute atomic E-state index is 0.200. The summed E-state index contributed by atoms with van der Waals surface area (Å²) >= 11 is 13.6. The van der Waals surface area contributed by atoms with Crippen LogP contribution in [0.25, 0.3) is 10.1 Å². The molecule has 9 heteroatoms. The molecule has 0 saturated carbocycles. The monoisotopic (exact) mass is 452 g/mol. The average molecular weight is 453 g/mol. The standard InChI is InChI=1S/C20H18Cl2N2O4S/c1-3-28-12-6-4-11(5-7-12)24-15(25)10-23-20(26)19-16(22)13-8-9-14(21)17(27-2)18(13)29-19/h4-9H,3,10H2,1-2H3,(H,23,26)(H,24,25). The van der Waals surface area contributed by atoms with E-state index in [1.807, 2.05) is 6.92 Å². The lowest BCUT2D eigenvalue weighted by Gasteiger charge is -2.08. The minimum atomic E-state index is -0.448. The highest BCUT2D eigenvalue weighted by molar-refractivity contribution is 7.22. The van der Waals surface area contributed by atoms with Gasteiger partial charge in [0.05, 0.1) is 35.0 Å². The predicted molar refractivity (Wildman–Crippen MR) is 117 cm³/mol. The van der Waals surface area contributed by atoms with Crippen molar-refractivity contribution in [3.63, 3.8) is 0 Å². The van der Waals surface area contributed by atoms with E-state index in [9.17, 15) is 9.59 Å². The van der Waals surface area contributed by atoms with E-state index in [1.54, 1.807) is 36.4 Å². The van der Waals surface area contributed by atoms with Crippen molar-refractivity contribution in [1.82, 2.24) is 5.32 Å². The van der Waals surface area contributed by atoms with E-state index >= 15 is 0 Å². The van der Waals surface area contributed by atoms with Crippen LogP contribution in [0.2, 0.25) is 10.0 Å². The second-order valence-corrected chi connectivity index (χ2v) is 7.70. The molecule has 3 aromatic rings. The fraction of sp³-hybridized carbons (Fsp3) is 0.200. The van der Waals surface area contributed by atoms with Crippen molar-refractivity contribution in [3.8, 4) is 11.5 Å². The Hall–Kier alpha value is -2.48. The molecule has 29 heavy (non-hydrogen) atoms. The van der Waals surface area contributed by atoms with Crippen molar-refractivity contribution in [2.24, 2.45) is 0 Å². The van der Waals surface area contributed by atoms with E-state index in [0.717, 1.165) is 11.3 Å². The molecule has 1 heterocycles. The Morgan fingerprint density at radius 3 is 2.48 bits per heavy atom. The summed E-state index contributed by atoms with van der Waals surface area (Å²) in [7, 11) is 1.50. The molecule has 0 aliphatic heterocycles. The van der Waals surface area contributed by atoms with Crippen LogP contribution in [0, 0.1) is 0 Å². The molecule has 1 aromatic heterocycles. The number of halogens is 2. The van der Waals surface area contributed by atoms with Gasteiger partial charge in [-0.1, -0.05) is 29.3 Å². The summed E-state index contributed by atoms with van der Waals surface area (Å²) in [6, 6.07) is 10.4. The van der Waals surface area contributed by atoms with E-state index in [1.165, 1.54) is 7.11 Å². The van der Waals surface area contributed by atoms with E-state index < -0.39 is 5.91 Å². The summed E-state index contributed by atoms with van der Waals surface area (Å²) in [5.41, 5.74) is 0.604. The van der Waals surface area contributed by atoms with Gasteiger partial charge in [0.1, 0.15) is 10.6 Å². The van der Waals surface area contributed by atoms with Gasteiger partial charge in [-0.15, -0.1) is 11.3 Å². The quantitative estimate of drug-likeness (QED) is 0.529. The maximum atomic E-state index is 12.5. The second kappa shape index (κ2) is 9.35. The fourth-order valence-corrected chi connectivity index (χ4v) is 4.51. The second-order valence-electron chi connectivity index (χ2n) is 5.89. The summed E-state index contributed by atoms with van der Waals surface area (Å²) in [5.74, 6) is 0.369. The molecule has 2 aromatic carbocycles. The average Bonchev–Trinajstić information content (AvgIpc) is 3.04. The molecule has 6 nitrogen and oxygen atoms in total. The van der Waals surface area contributed by atoms with E-state index in [4.69, 9.17) is 32.7 Å². The van der Waals surface area contributed by atoms with Crippen molar-refractivity contribution in [3.05, 3.63) is 51.3 Å². The Bertz CT molecular complexity index is 1050. The summed E-state index contributed by atoms with van der Waals surface area (Å²) in [5, 5.41) is 6.68. The van der Waals surface area contributed by atoms with Crippen molar-refractivity contribution in [1.29, 1.82) is 0 Å². The van der Waals surface area contributed by atoms with Gasteiger partial charge < -0.3 is 20.1 Å². The number of anilines is 1. The molecule has 0 aliphatic rings. The number of carbonyl (C=O) groups is 2. The molecule has 0 unspecified atom stereocenters. The van der Waals surface area contributed by atoms with E-state index in [-0.39, 0.29) is 17.3 Å². The zero-order valence-electron chi connectivity index (χ0n) is 15.7. The summed E-state index contributed by atoms with van der Waals surface area (Å²) in [4.78, 5) is 25.0. The number of carbonyl (C=O) groups excluding carboxylic acids is 2. The van der Waals surface area contributed by atoms with Gasteiger partial charge in [0.15, 0.2) is 5.75 Å². The van der Waals surface area contributed by atoms with Crippen LogP contribution in [-0.2, 0) is 4.79 Å². The van der Waals surface area contributed by atoms with Crippen LogP contribution in [0.15, 0.2) is 36.4 Å². The van der Waals surface area contributed by atoms with Crippen LogP contribution in [0.5, 0.6) is 11.5 Å². The number of fused-ring (bicyclic) bond motifs is 1. The number of rotatable bonds is 7. The Labute approximate surface area is 181 Å². The normalized spacial score (nSPS) is 10.6. The summed E-state index contributed by atoms with van der Waals surface area (Å²) in [6.45, 7) is 2.26. The van der Waals surface area contributed by atoms with Gasteiger partial charge in [-0.25, -0.2) is 0 Å². The molecule has 0 bridgehead atoms. The molecule has 0 saturated heterocycles. The van der Waals surface area contributed by atoms with E-state index in [0.29, 0.717) is 43.9 Å². The Morgan fingerprint density at radius 2 is 1.83 bits per heavy atom. The highest BCUT2D eigenvalue weighted by atomic mass is 35.5. The van der Waals surface area contributed by atoms with Crippen molar-refractivity contribution in [2.45, 2.75) is 6.92 Å². The van der Waals surface area contributed by atoms with Gasteiger partial charge in [-0.05, 0) is 37.3 Å². The van der Waals surface area contributed by atoms with Gasteiger partial charge in [-0.2, -0.15) is 0 Å². The molecule has 2 amide bonds. The van der Waals surface area contributed by atoms with Crippen LogP contribution < -0.4 is 20.1 Å². The fourth-order valence-electron chi connectivity index (χ4n) is 2.67. The van der Waals surface area contributed by atoms with Crippen LogP contribution in [0.3, 0.4) is 0 Å². The minimum Gasteiger partial charge on any atom is -0.494 e. The lowest BCUT2D eigenvalue weighted by molar-refractivity contribution is -0.115. The van der Waals surface area contributed by atoms with Gasteiger partial charge in [0.25, 0.3) is 5.91 Å². The number of thiophene rings is 1. The molecule has 0 aliphatic carbocycles. The maximum absolute atomic E-state index is 12.5. The third-order valence-electron chi connectivity index (χ3n) is 3.97. The summed E-state index contributed by atoms with van der Waals surface area (Å²) in [6.07, 6.45) is 0. The first kappa shape index (κ1) is 21.2. The molecule has 152 valence electrons. The first-order valence-electron chi connectivity index (χ1n) is 8.70. The van der Waals surface area contributed by atoms with Gasteiger partial charge in [-0.3, -0.25) is 9.59 Å². The number of hydrogen-bond donors (Lipinski definition) is 2. The smallest absolute Gasteiger partial charge is 0.263 e. The molecule has 0 radical (unpaired) electrons. The number of methoxy groups -OCH3 is 1. The lowest BCUT2D eigenvalue weighted by Crippen LogP contribution is -2.32. The number of amides is 2. The molecule has 0 atom stereocenters. The first-order chi connectivity index (χ1) is 13.9. The number of benzene rings is 2.